The molecule has 2 aromatic rings. The van der Waals surface area contributed by atoms with Crippen molar-refractivity contribution in [3.63, 3.8) is 0 Å². The molecule has 0 bridgehead atoms. The van der Waals surface area contributed by atoms with Crippen LogP contribution in [0.4, 0.5) is 0 Å². The van der Waals surface area contributed by atoms with Crippen LogP contribution >= 0.6 is 0 Å². The van der Waals surface area contributed by atoms with Gasteiger partial charge in [0.1, 0.15) is 0 Å². The Morgan fingerprint density at radius 2 is 1.81 bits per heavy atom. The first kappa shape index (κ1) is 14.3. The lowest BCUT2D eigenvalue weighted by Gasteiger charge is -2.34. The van der Waals surface area contributed by atoms with Crippen molar-refractivity contribution in [1.82, 2.24) is 14.4 Å². The summed E-state index contributed by atoms with van der Waals surface area (Å²) >= 11 is 0. The standard InChI is InChI=1S/C16H21N3O2/c20-10-9-17-5-7-18(8-6-17)13-19-11-14(12-21)15-3-1-2-4-16(15)19/h1-4,11-12,20H,5-10,13H2. The Hall–Kier alpha value is -1.69. The van der Waals surface area contributed by atoms with Gasteiger partial charge in [0.25, 0.3) is 0 Å². The maximum absolute atomic E-state index is 11.2. The molecule has 1 N–H and O–H groups in total. The van der Waals surface area contributed by atoms with Crippen LogP contribution in [0.25, 0.3) is 10.9 Å². The molecule has 3 rings (SSSR count). The molecule has 0 aliphatic carbocycles. The molecule has 1 saturated heterocycles. The summed E-state index contributed by atoms with van der Waals surface area (Å²) in [4.78, 5) is 15.8. The molecule has 2 heterocycles. The maximum atomic E-state index is 11.2. The molecule has 112 valence electrons. The van der Waals surface area contributed by atoms with Gasteiger partial charge in [-0.25, -0.2) is 0 Å². The minimum atomic E-state index is 0.227. The molecule has 0 atom stereocenters. The van der Waals surface area contributed by atoms with E-state index in [0.717, 1.165) is 62.1 Å². The summed E-state index contributed by atoms with van der Waals surface area (Å²) in [6, 6.07) is 8.03. The summed E-state index contributed by atoms with van der Waals surface area (Å²) in [7, 11) is 0. The highest BCUT2D eigenvalue weighted by molar-refractivity contribution is 5.97. The van der Waals surface area contributed by atoms with Crippen LogP contribution in [0.1, 0.15) is 10.4 Å². The number of carbonyl (C=O) groups is 1. The Morgan fingerprint density at radius 1 is 1.10 bits per heavy atom. The number of aromatic nitrogens is 1. The molecular weight excluding hydrogens is 266 g/mol. The average Bonchev–Trinajstić information content (AvgIpc) is 2.88. The highest BCUT2D eigenvalue weighted by Crippen LogP contribution is 2.20. The second-order valence-corrected chi connectivity index (χ2v) is 5.51. The van der Waals surface area contributed by atoms with Gasteiger partial charge in [0, 0.05) is 55.4 Å². The summed E-state index contributed by atoms with van der Waals surface area (Å²) in [6.45, 7) is 5.74. The first-order chi connectivity index (χ1) is 10.3. The van der Waals surface area contributed by atoms with Crippen molar-refractivity contribution in [3.8, 4) is 0 Å². The van der Waals surface area contributed by atoms with E-state index in [2.05, 4.69) is 20.4 Å². The molecule has 1 aliphatic rings. The molecule has 1 aliphatic heterocycles. The number of aliphatic hydroxyl groups is 1. The van der Waals surface area contributed by atoms with Gasteiger partial charge in [-0.1, -0.05) is 18.2 Å². The Labute approximate surface area is 124 Å². The van der Waals surface area contributed by atoms with Crippen LogP contribution in [0.2, 0.25) is 0 Å². The van der Waals surface area contributed by atoms with Gasteiger partial charge in [0.2, 0.25) is 0 Å². The van der Waals surface area contributed by atoms with E-state index in [9.17, 15) is 4.79 Å². The third-order valence-electron chi connectivity index (χ3n) is 4.18. The first-order valence-corrected chi connectivity index (χ1v) is 7.40. The van der Waals surface area contributed by atoms with Gasteiger partial charge in [-0.3, -0.25) is 14.6 Å². The fourth-order valence-corrected chi connectivity index (χ4v) is 3.00. The zero-order valence-corrected chi connectivity index (χ0v) is 12.1. The third-order valence-corrected chi connectivity index (χ3v) is 4.18. The van der Waals surface area contributed by atoms with E-state index < -0.39 is 0 Å². The second kappa shape index (κ2) is 6.39. The van der Waals surface area contributed by atoms with Crippen molar-refractivity contribution in [2.24, 2.45) is 0 Å². The van der Waals surface area contributed by atoms with Crippen LogP contribution < -0.4 is 0 Å². The van der Waals surface area contributed by atoms with E-state index in [1.165, 1.54) is 0 Å². The molecule has 5 nitrogen and oxygen atoms in total. The SMILES string of the molecule is O=Cc1cn(CN2CCN(CCO)CC2)c2ccccc12. The molecule has 1 aromatic heterocycles. The summed E-state index contributed by atoms with van der Waals surface area (Å²) in [5.74, 6) is 0. The molecule has 0 radical (unpaired) electrons. The number of para-hydroxylation sites is 1. The first-order valence-electron chi connectivity index (χ1n) is 7.40. The number of hydrogen-bond acceptors (Lipinski definition) is 4. The van der Waals surface area contributed by atoms with Crippen molar-refractivity contribution in [1.29, 1.82) is 0 Å². The minimum Gasteiger partial charge on any atom is -0.395 e. The summed E-state index contributed by atoms with van der Waals surface area (Å²) in [6.07, 6.45) is 2.87. The number of fused-ring (bicyclic) bond motifs is 1. The zero-order valence-electron chi connectivity index (χ0n) is 12.1. The Kier molecular flexibility index (Phi) is 4.34. The third kappa shape index (κ3) is 3.00. The number of β-amino-alcohol motifs (C(OH)–C–C–N with tert-alkyl or cyclic N) is 1. The zero-order chi connectivity index (χ0) is 14.7. The molecule has 0 amide bonds. The lowest BCUT2D eigenvalue weighted by Crippen LogP contribution is -2.47. The summed E-state index contributed by atoms with van der Waals surface area (Å²) in [5, 5.41) is 10.00. The highest BCUT2D eigenvalue weighted by Gasteiger charge is 2.17. The van der Waals surface area contributed by atoms with Gasteiger partial charge in [-0.05, 0) is 6.07 Å². The van der Waals surface area contributed by atoms with Crippen LogP contribution in [0.3, 0.4) is 0 Å². The number of aldehydes is 1. The molecule has 1 aromatic carbocycles. The highest BCUT2D eigenvalue weighted by atomic mass is 16.3. The predicted octanol–water partition coefficient (Wildman–Crippen LogP) is 1.02. The number of carbonyl (C=O) groups excluding carboxylic acids is 1. The molecule has 0 spiro atoms. The molecule has 1 fully saturated rings. The fraction of sp³-hybridized carbons (Fsp3) is 0.438. The van der Waals surface area contributed by atoms with Crippen LogP contribution in [0.15, 0.2) is 30.5 Å². The van der Waals surface area contributed by atoms with Crippen molar-refractivity contribution >= 4 is 17.2 Å². The maximum Gasteiger partial charge on any atom is 0.152 e. The number of aliphatic hydroxyl groups excluding tert-OH is 1. The minimum absolute atomic E-state index is 0.227. The van der Waals surface area contributed by atoms with Gasteiger partial charge in [-0.15, -0.1) is 0 Å². The summed E-state index contributed by atoms with van der Waals surface area (Å²) < 4.78 is 2.15. The van der Waals surface area contributed by atoms with E-state index in [-0.39, 0.29) is 6.61 Å². The average molecular weight is 287 g/mol. The van der Waals surface area contributed by atoms with Gasteiger partial charge in [0.15, 0.2) is 6.29 Å². The molecule has 5 heteroatoms. The van der Waals surface area contributed by atoms with Crippen molar-refractivity contribution in [3.05, 3.63) is 36.0 Å². The quantitative estimate of drug-likeness (QED) is 0.834. The van der Waals surface area contributed by atoms with Crippen molar-refractivity contribution in [2.45, 2.75) is 6.67 Å². The van der Waals surface area contributed by atoms with E-state index in [4.69, 9.17) is 5.11 Å². The normalized spacial score (nSPS) is 17.4. The predicted molar refractivity (Wildman–Crippen MR) is 82.4 cm³/mol. The molecule has 21 heavy (non-hydrogen) atoms. The van der Waals surface area contributed by atoms with Gasteiger partial charge in [-0.2, -0.15) is 0 Å². The molecule has 0 unspecified atom stereocenters. The smallest absolute Gasteiger partial charge is 0.152 e. The number of piperazine rings is 1. The molecular formula is C16H21N3O2. The Balaban J connectivity index is 1.73. The van der Waals surface area contributed by atoms with Gasteiger partial charge < -0.3 is 9.67 Å². The van der Waals surface area contributed by atoms with Crippen LogP contribution in [0.5, 0.6) is 0 Å². The lowest BCUT2D eigenvalue weighted by molar-refractivity contribution is 0.0942. The van der Waals surface area contributed by atoms with Gasteiger partial charge >= 0.3 is 0 Å². The number of rotatable bonds is 5. The second-order valence-electron chi connectivity index (χ2n) is 5.51. The Bertz CT molecular complexity index is 615. The van der Waals surface area contributed by atoms with Crippen LogP contribution in [0, 0.1) is 0 Å². The lowest BCUT2D eigenvalue weighted by atomic mass is 10.2. The van der Waals surface area contributed by atoms with E-state index in [1.54, 1.807) is 0 Å². The van der Waals surface area contributed by atoms with Gasteiger partial charge in [0.05, 0.1) is 13.3 Å². The topological polar surface area (TPSA) is 48.7 Å². The van der Waals surface area contributed by atoms with E-state index >= 15 is 0 Å². The van der Waals surface area contributed by atoms with Crippen molar-refractivity contribution in [2.75, 3.05) is 39.3 Å². The van der Waals surface area contributed by atoms with Crippen LogP contribution in [-0.2, 0) is 6.67 Å². The van der Waals surface area contributed by atoms with Crippen molar-refractivity contribution < 1.29 is 9.90 Å². The van der Waals surface area contributed by atoms with Crippen LogP contribution in [-0.4, -0.2) is 65.1 Å². The van der Waals surface area contributed by atoms with E-state index in [0.29, 0.717) is 0 Å². The largest absolute Gasteiger partial charge is 0.395 e. The van der Waals surface area contributed by atoms with E-state index in [1.807, 2.05) is 24.4 Å². The molecule has 0 saturated carbocycles. The number of benzene rings is 1. The number of hydrogen-bond donors (Lipinski definition) is 1. The summed E-state index contributed by atoms with van der Waals surface area (Å²) in [5.41, 5.74) is 1.86. The fourth-order valence-electron chi connectivity index (χ4n) is 3.00. The monoisotopic (exact) mass is 287 g/mol. The Morgan fingerprint density at radius 3 is 2.52 bits per heavy atom. The number of nitrogens with zero attached hydrogens (tertiary/aromatic N) is 3.